The summed E-state index contributed by atoms with van der Waals surface area (Å²) in [5.41, 5.74) is 0.595. The Morgan fingerprint density at radius 3 is 2.68 bits per heavy atom. The van der Waals surface area contributed by atoms with E-state index in [2.05, 4.69) is 15.6 Å². The fraction of sp³-hybridized carbons (Fsp3) is 0.286. The van der Waals surface area contributed by atoms with Gasteiger partial charge in [0.05, 0.1) is 35.0 Å². The molecule has 3 rings (SSSR count). The minimum absolute atomic E-state index is 0.148. The number of hydrogen-bond donors (Lipinski definition) is 2. The number of methoxy groups -OCH3 is 1. The summed E-state index contributed by atoms with van der Waals surface area (Å²) in [6.07, 6.45) is 2.10. The number of ether oxygens (including phenoxy) is 1. The van der Waals surface area contributed by atoms with E-state index in [0.717, 1.165) is 17.8 Å². The predicted octanol–water partition coefficient (Wildman–Crippen LogP) is 2.33. The van der Waals surface area contributed by atoms with Crippen LogP contribution in [0.4, 0.5) is 5.69 Å². The maximum atomic E-state index is 12.9. The van der Waals surface area contributed by atoms with Crippen LogP contribution in [-0.4, -0.2) is 41.0 Å². The highest BCUT2D eigenvalue weighted by Crippen LogP contribution is 2.28. The molecular formula is C21H22N4O5S. The lowest BCUT2D eigenvalue weighted by molar-refractivity contribution is -0.121. The van der Waals surface area contributed by atoms with Gasteiger partial charge in [-0.2, -0.15) is 0 Å². The first-order chi connectivity index (χ1) is 14.9. The van der Waals surface area contributed by atoms with E-state index in [-0.39, 0.29) is 23.6 Å². The van der Waals surface area contributed by atoms with E-state index in [0.29, 0.717) is 32.9 Å². The highest BCUT2D eigenvalue weighted by molar-refractivity contribution is 7.20. The van der Waals surface area contributed by atoms with Gasteiger partial charge in [0, 0.05) is 6.54 Å². The minimum Gasteiger partial charge on any atom is -0.465 e. The standard InChI is InChI=1S/C21H22N4O5S/c1-4-9-22-15(26)10-25-11-23-19-16(20(25)28)12(2)17(31-19)18(27)24-14-8-6-5-7-13(14)21(29)30-3/h5-8,11H,4,9-10H2,1-3H3,(H,22,26)(H,24,27). The number of carbonyl (C=O) groups is 3. The van der Waals surface area contributed by atoms with Crippen molar-refractivity contribution in [3.63, 3.8) is 0 Å². The van der Waals surface area contributed by atoms with Crippen LogP contribution in [0.5, 0.6) is 0 Å². The number of aromatic nitrogens is 2. The molecule has 9 nitrogen and oxygen atoms in total. The van der Waals surface area contributed by atoms with E-state index in [9.17, 15) is 19.2 Å². The van der Waals surface area contributed by atoms with Crippen molar-refractivity contribution in [2.24, 2.45) is 0 Å². The van der Waals surface area contributed by atoms with E-state index in [1.54, 1.807) is 31.2 Å². The number of amides is 2. The van der Waals surface area contributed by atoms with Crippen LogP contribution in [0.2, 0.25) is 0 Å². The van der Waals surface area contributed by atoms with Crippen molar-refractivity contribution in [2.75, 3.05) is 19.0 Å². The summed E-state index contributed by atoms with van der Waals surface area (Å²) >= 11 is 1.07. The van der Waals surface area contributed by atoms with Crippen molar-refractivity contribution in [1.29, 1.82) is 0 Å². The second-order valence-corrected chi connectivity index (χ2v) is 7.75. The number of aryl methyl sites for hydroxylation is 1. The number of rotatable bonds is 7. The van der Waals surface area contributed by atoms with Gasteiger partial charge in [-0.25, -0.2) is 9.78 Å². The number of carbonyl (C=O) groups excluding carboxylic acids is 3. The van der Waals surface area contributed by atoms with Crippen LogP contribution in [0, 0.1) is 6.92 Å². The summed E-state index contributed by atoms with van der Waals surface area (Å²) in [4.78, 5) is 54.7. The Labute approximate surface area is 182 Å². The fourth-order valence-electron chi connectivity index (χ4n) is 3.02. The molecular weight excluding hydrogens is 420 g/mol. The van der Waals surface area contributed by atoms with Crippen LogP contribution in [0.1, 0.15) is 38.9 Å². The predicted molar refractivity (Wildman–Crippen MR) is 118 cm³/mol. The molecule has 2 aromatic heterocycles. The average Bonchev–Trinajstić information content (AvgIpc) is 3.11. The molecule has 3 aromatic rings. The molecule has 2 N–H and O–H groups in total. The molecule has 2 amide bonds. The van der Waals surface area contributed by atoms with E-state index < -0.39 is 11.9 Å². The summed E-state index contributed by atoms with van der Waals surface area (Å²) in [6, 6.07) is 6.48. The van der Waals surface area contributed by atoms with Crippen molar-refractivity contribution in [3.8, 4) is 0 Å². The monoisotopic (exact) mass is 442 g/mol. The molecule has 0 aliphatic heterocycles. The lowest BCUT2D eigenvalue weighted by atomic mass is 10.1. The lowest BCUT2D eigenvalue weighted by Gasteiger charge is -2.09. The number of benzene rings is 1. The number of nitrogens with one attached hydrogen (secondary N) is 2. The van der Waals surface area contributed by atoms with Crippen LogP contribution in [0.3, 0.4) is 0 Å². The molecule has 0 aliphatic carbocycles. The molecule has 0 fully saturated rings. The smallest absolute Gasteiger partial charge is 0.339 e. The molecule has 1 aromatic carbocycles. The van der Waals surface area contributed by atoms with E-state index >= 15 is 0 Å². The Kier molecular flexibility index (Phi) is 6.81. The van der Waals surface area contributed by atoms with Gasteiger partial charge in [0.1, 0.15) is 11.4 Å². The van der Waals surface area contributed by atoms with Gasteiger partial charge in [0.2, 0.25) is 5.91 Å². The average molecular weight is 442 g/mol. The Morgan fingerprint density at radius 1 is 1.23 bits per heavy atom. The minimum atomic E-state index is -0.574. The van der Waals surface area contributed by atoms with Crippen LogP contribution >= 0.6 is 11.3 Å². The zero-order valence-corrected chi connectivity index (χ0v) is 18.2. The summed E-state index contributed by atoms with van der Waals surface area (Å²) in [5.74, 6) is -1.33. The first kappa shape index (κ1) is 22.2. The van der Waals surface area contributed by atoms with Crippen LogP contribution in [-0.2, 0) is 16.1 Å². The summed E-state index contributed by atoms with van der Waals surface area (Å²) in [5, 5.41) is 5.71. The van der Waals surface area contributed by atoms with Crippen LogP contribution < -0.4 is 16.2 Å². The summed E-state index contributed by atoms with van der Waals surface area (Å²) in [7, 11) is 1.26. The number of fused-ring (bicyclic) bond motifs is 1. The number of anilines is 1. The zero-order valence-electron chi connectivity index (χ0n) is 17.4. The first-order valence-electron chi connectivity index (χ1n) is 9.61. The first-order valence-corrected chi connectivity index (χ1v) is 10.4. The highest BCUT2D eigenvalue weighted by atomic mass is 32.1. The summed E-state index contributed by atoms with van der Waals surface area (Å²) in [6.45, 7) is 3.97. The molecule has 2 heterocycles. The molecule has 0 saturated heterocycles. The van der Waals surface area contributed by atoms with Crippen molar-refractivity contribution in [1.82, 2.24) is 14.9 Å². The van der Waals surface area contributed by atoms with Gasteiger partial charge in [-0.05, 0) is 31.0 Å². The van der Waals surface area contributed by atoms with Crippen LogP contribution in [0.15, 0.2) is 35.4 Å². The van der Waals surface area contributed by atoms with Gasteiger partial charge in [-0.15, -0.1) is 11.3 Å². The quantitative estimate of drug-likeness (QED) is 0.542. The Hall–Kier alpha value is -3.53. The van der Waals surface area contributed by atoms with Crippen molar-refractivity contribution < 1.29 is 19.1 Å². The van der Waals surface area contributed by atoms with Gasteiger partial charge < -0.3 is 15.4 Å². The molecule has 162 valence electrons. The van der Waals surface area contributed by atoms with Gasteiger partial charge in [-0.3, -0.25) is 19.0 Å². The number of esters is 1. The number of para-hydroxylation sites is 1. The maximum absolute atomic E-state index is 12.9. The lowest BCUT2D eigenvalue weighted by Crippen LogP contribution is -2.32. The van der Waals surface area contributed by atoms with E-state index in [1.807, 2.05) is 6.92 Å². The van der Waals surface area contributed by atoms with Crippen molar-refractivity contribution in [2.45, 2.75) is 26.8 Å². The highest BCUT2D eigenvalue weighted by Gasteiger charge is 2.21. The van der Waals surface area contributed by atoms with Crippen molar-refractivity contribution >= 4 is 45.0 Å². The molecule has 0 saturated carbocycles. The molecule has 31 heavy (non-hydrogen) atoms. The molecule has 0 aliphatic rings. The fourth-order valence-corrected chi connectivity index (χ4v) is 4.06. The second kappa shape index (κ2) is 9.52. The largest absolute Gasteiger partial charge is 0.465 e. The third-order valence-corrected chi connectivity index (χ3v) is 5.79. The van der Waals surface area contributed by atoms with Crippen LogP contribution in [0.25, 0.3) is 10.2 Å². The molecule has 0 unspecified atom stereocenters. The third kappa shape index (κ3) is 4.64. The Balaban J connectivity index is 1.92. The normalized spacial score (nSPS) is 10.7. The van der Waals surface area contributed by atoms with Gasteiger partial charge in [0.15, 0.2) is 0 Å². The number of hydrogen-bond acceptors (Lipinski definition) is 7. The zero-order chi connectivity index (χ0) is 22.5. The molecule has 0 atom stereocenters. The molecule has 0 radical (unpaired) electrons. The number of nitrogens with zero attached hydrogens (tertiary/aromatic N) is 2. The summed E-state index contributed by atoms with van der Waals surface area (Å²) < 4.78 is 5.97. The molecule has 10 heteroatoms. The third-order valence-electron chi connectivity index (χ3n) is 4.59. The maximum Gasteiger partial charge on any atom is 0.339 e. The van der Waals surface area contributed by atoms with Gasteiger partial charge >= 0.3 is 5.97 Å². The molecule has 0 spiro atoms. The number of thiophene rings is 1. The second-order valence-electron chi connectivity index (χ2n) is 6.76. The van der Waals surface area contributed by atoms with Crippen molar-refractivity contribution in [3.05, 3.63) is 57.0 Å². The molecule has 0 bridgehead atoms. The van der Waals surface area contributed by atoms with Gasteiger partial charge in [-0.1, -0.05) is 19.1 Å². The van der Waals surface area contributed by atoms with E-state index in [4.69, 9.17) is 4.74 Å². The SMILES string of the molecule is CCCNC(=O)Cn1cnc2sc(C(=O)Nc3ccccc3C(=O)OC)c(C)c2c1=O. The Morgan fingerprint density at radius 2 is 1.97 bits per heavy atom. The van der Waals surface area contributed by atoms with E-state index in [1.165, 1.54) is 18.0 Å². The Bertz CT molecular complexity index is 1210. The topological polar surface area (TPSA) is 119 Å². The van der Waals surface area contributed by atoms with Gasteiger partial charge in [0.25, 0.3) is 11.5 Å².